The summed E-state index contributed by atoms with van der Waals surface area (Å²) in [7, 11) is 0. The van der Waals surface area contributed by atoms with Crippen LogP contribution in [0.2, 0.25) is 0 Å². The van der Waals surface area contributed by atoms with E-state index in [0.717, 1.165) is 44.1 Å². The second kappa shape index (κ2) is 10.7. The van der Waals surface area contributed by atoms with E-state index in [1.807, 2.05) is 24.3 Å². The van der Waals surface area contributed by atoms with Gasteiger partial charge >= 0.3 is 0 Å². The summed E-state index contributed by atoms with van der Waals surface area (Å²) < 4.78 is 5.28. The number of rotatable bonds is 5. The number of carbonyl (C=O) groups excluding carboxylic acids is 1. The zero-order valence-corrected chi connectivity index (χ0v) is 13.5. The van der Waals surface area contributed by atoms with Gasteiger partial charge in [-0.05, 0) is 17.7 Å². The molecule has 0 unspecified atom stereocenters. The predicted octanol–water partition coefficient (Wildman–Crippen LogP) is 1.10. The molecule has 7 heteroatoms. The van der Waals surface area contributed by atoms with Gasteiger partial charge in [0.2, 0.25) is 5.91 Å². The maximum atomic E-state index is 11.8. The van der Waals surface area contributed by atoms with Crippen LogP contribution >= 0.6 is 24.8 Å². The van der Waals surface area contributed by atoms with Gasteiger partial charge in [0.1, 0.15) is 0 Å². The standard InChI is InChI=1S/C14H21N3O2.2ClH/c15-13-3-1-12(2-4-13)11-14(18)16-5-6-17-7-9-19-10-8-17;;/h1-4H,5-11,15H2,(H,16,18);2*1H. The van der Waals surface area contributed by atoms with Crippen molar-refractivity contribution in [1.82, 2.24) is 10.2 Å². The Hall–Kier alpha value is -1.01. The number of morpholine rings is 1. The van der Waals surface area contributed by atoms with E-state index in [2.05, 4.69) is 10.2 Å². The van der Waals surface area contributed by atoms with Crippen molar-refractivity contribution in [3.8, 4) is 0 Å². The lowest BCUT2D eigenvalue weighted by Gasteiger charge is -2.26. The first-order valence-corrected chi connectivity index (χ1v) is 6.65. The topological polar surface area (TPSA) is 67.6 Å². The molecule has 0 saturated carbocycles. The molecular formula is C14H23Cl2N3O2. The minimum absolute atomic E-state index is 0. The number of hydrogen-bond acceptors (Lipinski definition) is 4. The number of nitrogens with two attached hydrogens (primary N) is 1. The van der Waals surface area contributed by atoms with Gasteiger partial charge in [-0.2, -0.15) is 0 Å². The molecule has 5 nitrogen and oxygen atoms in total. The quantitative estimate of drug-likeness (QED) is 0.791. The van der Waals surface area contributed by atoms with Crippen molar-refractivity contribution in [3.63, 3.8) is 0 Å². The molecule has 0 bridgehead atoms. The Bertz CT molecular complexity index is 409. The minimum Gasteiger partial charge on any atom is -0.399 e. The summed E-state index contributed by atoms with van der Waals surface area (Å²) in [6.45, 7) is 5.06. The van der Waals surface area contributed by atoms with Crippen molar-refractivity contribution in [1.29, 1.82) is 0 Å². The van der Waals surface area contributed by atoms with Crippen molar-refractivity contribution >= 4 is 36.4 Å². The highest BCUT2D eigenvalue weighted by molar-refractivity contribution is 5.85. The van der Waals surface area contributed by atoms with Crippen LogP contribution in [0.3, 0.4) is 0 Å². The Labute approximate surface area is 138 Å². The molecule has 1 fully saturated rings. The molecule has 1 aliphatic heterocycles. The lowest BCUT2D eigenvalue weighted by Crippen LogP contribution is -2.41. The average Bonchev–Trinajstić information content (AvgIpc) is 2.43. The highest BCUT2D eigenvalue weighted by atomic mass is 35.5. The number of benzene rings is 1. The summed E-state index contributed by atoms with van der Waals surface area (Å²) in [5.74, 6) is 0.0537. The molecule has 120 valence electrons. The minimum atomic E-state index is 0. The summed E-state index contributed by atoms with van der Waals surface area (Å²) in [6, 6.07) is 7.40. The fraction of sp³-hybridized carbons (Fsp3) is 0.500. The number of anilines is 1. The molecular weight excluding hydrogens is 313 g/mol. The molecule has 0 radical (unpaired) electrons. The molecule has 1 aromatic rings. The van der Waals surface area contributed by atoms with Gasteiger partial charge in [-0.25, -0.2) is 0 Å². The molecule has 2 rings (SSSR count). The number of hydrogen-bond donors (Lipinski definition) is 2. The van der Waals surface area contributed by atoms with Crippen LogP contribution in [0.15, 0.2) is 24.3 Å². The third-order valence-corrected chi connectivity index (χ3v) is 3.20. The number of nitrogen functional groups attached to an aromatic ring is 1. The van der Waals surface area contributed by atoms with Crippen molar-refractivity contribution < 1.29 is 9.53 Å². The van der Waals surface area contributed by atoms with Crippen LogP contribution in [0.5, 0.6) is 0 Å². The van der Waals surface area contributed by atoms with Crippen LogP contribution in [0.1, 0.15) is 5.56 Å². The molecule has 1 aliphatic rings. The van der Waals surface area contributed by atoms with Crippen LogP contribution in [-0.4, -0.2) is 50.2 Å². The first kappa shape index (κ1) is 20.0. The summed E-state index contributed by atoms with van der Waals surface area (Å²) in [4.78, 5) is 14.1. The van der Waals surface area contributed by atoms with Gasteiger partial charge in [0, 0.05) is 31.9 Å². The molecule has 0 atom stereocenters. The molecule has 0 spiro atoms. The number of nitrogens with zero attached hydrogens (tertiary/aromatic N) is 1. The van der Waals surface area contributed by atoms with E-state index in [4.69, 9.17) is 10.5 Å². The fourth-order valence-electron chi connectivity index (χ4n) is 2.06. The second-order valence-electron chi connectivity index (χ2n) is 4.72. The van der Waals surface area contributed by atoms with Crippen LogP contribution in [0.4, 0.5) is 5.69 Å². The molecule has 1 heterocycles. The Balaban J connectivity index is 0.00000200. The number of carbonyl (C=O) groups is 1. The molecule has 0 aliphatic carbocycles. The lowest BCUT2D eigenvalue weighted by molar-refractivity contribution is -0.120. The van der Waals surface area contributed by atoms with Gasteiger partial charge < -0.3 is 15.8 Å². The van der Waals surface area contributed by atoms with Crippen molar-refractivity contribution in [2.45, 2.75) is 6.42 Å². The van der Waals surface area contributed by atoms with Crippen LogP contribution < -0.4 is 11.1 Å². The first-order valence-electron chi connectivity index (χ1n) is 6.65. The third-order valence-electron chi connectivity index (χ3n) is 3.20. The highest BCUT2D eigenvalue weighted by Crippen LogP contribution is 2.05. The second-order valence-corrected chi connectivity index (χ2v) is 4.72. The SMILES string of the molecule is Cl.Cl.Nc1ccc(CC(=O)NCCN2CCOCC2)cc1. The van der Waals surface area contributed by atoms with Gasteiger partial charge in [0.05, 0.1) is 19.6 Å². The zero-order valence-electron chi connectivity index (χ0n) is 11.9. The van der Waals surface area contributed by atoms with Gasteiger partial charge in [-0.1, -0.05) is 12.1 Å². The normalized spacial score (nSPS) is 14.7. The molecule has 0 aromatic heterocycles. The number of nitrogens with one attached hydrogen (secondary N) is 1. The van der Waals surface area contributed by atoms with Gasteiger partial charge in [0.25, 0.3) is 0 Å². The van der Waals surface area contributed by atoms with Crippen molar-refractivity contribution in [3.05, 3.63) is 29.8 Å². The van der Waals surface area contributed by atoms with Crippen molar-refractivity contribution in [2.75, 3.05) is 45.1 Å². The Morgan fingerprint density at radius 1 is 1.19 bits per heavy atom. The van der Waals surface area contributed by atoms with E-state index < -0.39 is 0 Å². The van der Waals surface area contributed by atoms with Gasteiger partial charge in [-0.3, -0.25) is 9.69 Å². The van der Waals surface area contributed by atoms with Gasteiger partial charge in [-0.15, -0.1) is 24.8 Å². The van der Waals surface area contributed by atoms with Crippen LogP contribution in [0, 0.1) is 0 Å². The Morgan fingerprint density at radius 2 is 1.81 bits per heavy atom. The van der Waals surface area contributed by atoms with Gasteiger partial charge in [0.15, 0.2) is 0 Å². The molecule has 1 amide bonds. The maximum absolute atomic E-state index is 11.8. The predicted molar refractivity (Wildman–Crippen MR) is 89.3 cm³/mol. The van der Waals surface area contributed by atoms with E-state index >= 15 is 0 Å². The lowest BCUT2D eigenvalue weighted by atomic mass is 10.1. The van der Waals surface area contributed by atoms with E-state index in [-0.39, 0.29) is 30.7 Å². The summed E-state index contributed by atoms with van der Waals surface area (Å²) >= 11 is 0. The molecule has 1 saturated heterocycles. The number of ether oxygens (including phenoxy) is 1. The number of amides is 1. The summed E-state index contributed by atoms with van der Waals surface area (Å²) in [6.07, 6.45) is 0.406. The first-order chi connectivity index (χ1) is 9.24. The van der Waals surface area contributed by atoms with E-state index in [9.17, 15) is 4.79 Å². The summed E-state index contributed by atoms with van der Waals surface area (Å²) in [5.41, 5.74) is 7.31. The third kappa shape index (κ3) is 7.52. The smallest absolute Gasteiger partial charge is 0.224 e. The van der Waals surface area contributed by atoms with E-state index in [0.29, 0.717) is 13.0 Å². The maximum Gasteiger partial charge on any atom is 0.224 e. The fourth-order valence-corrected chi connectivity index (χ4v) is 2.06. The monoisotopic (exact) mass is 335 g/mol. The van der Waals surface area contributed by atoms with Crippen LogP contribution in [0.25, 0.3) is 0 Å². The number of halogens is 2. The van der Waals surface area contributed by atoms with E-state index in [1.165, 1.54) is 0 Å². The Kier molecular flexibility index (Phi) is 10.2. The molecule has 3 N–H and O–H groups in total. The molecule has 21 heavy (non-hydrogen) atoms. The van der Waals surface area contributed by atoms with Crippen LogP contribution in [-0.2, 0) is 16.0 Å². The van der Waals surface area contributed by atoms with E-state index in [1.54, 1.807) is 0 Å². The summed E-state index contributed by atoms with van der Waals surface area (Å²) in [5, 5.41) is 2.94. The van der Waals surface area contributed by atoms with Crippen molar-refractivity contribution in [2.24, 2.45) is 0 Å². The average molecular weight is 336 g/mol. The Morgan fingerprint density at radius 3 is 2.43 bits per heavy atom. The highest BCUT2D eigenvalue weighted by Gasteiger charge is 2.10. The largest absolute Gasteiger partial charge is 0.399 e. The zero-order chi connectivity index (χ0) is 13.5. The molecule has 1 aromatic carbocycles.